The molecule has 7 heteroatoms. The van der Waals surface area contributed by atoms with E-state index in [1.165, 1.54) is 7.11 Å². The van der Waals surface area contributed by atoms with E-state index in [-0.39, 0.29) is 11.4 Å². The normalized spacial score (nSPS) is 15.0. The number of nitro groups is 1. The molecule has 1 heterocycles. The molecule has 0 atom stereocenters. The summed E-state index contributed by atoms with van der Waals surface area (Å²) in [5.41, 5.74) is 2.56. The summed E-state index contributed by atoms with van der Waals surface area (Å²) in [4.78, 5) is 15.3. The molecular formula is C20H22N4O3. The number of methoxy groups -OCH3 is 1. The highest BCUT2D eigenvalue weighted by Crippen LogP contribution is 2.28. The molecule has 1 aliphatic rings. The molecule has 27 heavy (non-hydrogen) atoms. The molecule has 0 bridgehead atoms. The Kier molecular flexibility index (Phi) is 5.89. The molecule has 0 N–H and O–H groups in total. The highest BCUT2D eigenvalue weighted by Gasteiger charge is 2.19. The number of anilines is 1. The van der Waals surface area contributed by atoms with Gasteiger partial charge in [-0.2, -0.15) is 5.26 Å². The summed E-state index contributed by atoms with van der Waals surface area (Å²) in [5.74, 6) is 0.277. The van der Waals surface area contributed by atoms with Gasteiger partial charge in [0.1, 0.15) is 6.07 Å². The Bertz CT molecular complexity index is 863. The van der Waals surface area contributed by atoms with Gasteiger partial charge in [-0.1, -0.05) is 18.2 Å². The molecule has 0 aromatic heterocycles. The fraction of sp³-hybridized carbons (Fsp3) is 0.350. The molecule has 7 nitrogen and oxygen atoms in total. The monoisotopic (exact) mass is 366 g/mol. The summed E-state index contributed by atoms with van der Waals surface area (Å²) in [5, 5.41) is 20.5. The Balaban J connectivity index is 1.69. The first-order chi connectivity index (χ1) is 13.1. The van der Waals surface area contributed by atoms with Crippen LogP contribution in [0, 0.1) is 21.4 Å². The Morgan fingerprint density at radius 2 is 2.00 bits per heavy atom. The van der Waals surface area contributed by atoms with Gasteiger partial charge < -0.3 is 9.64 Å². The van der Waals surface area contributed by atoms with Crippen molar-refractivity contribution in [2.75, 3.05) is 38.2 Å². The number of benzene rings is 2. The average Bonchev–Trinajstić information content (AvgIpc) is 2.93. The summed E-state index contributed by atoms with van der Waals surface area (Å²) in [6.45, 7) is 4.10. The van der Waals surface area contributed by atoms with Crippen molar-refractivity contribution in [2.45, 2.75) is 13.0 Å². The minimum Gasteiger partial charge on any atom is -0.490 e. The lowest BCUT2D eigenvalue weighted by Gasteiger charge is -2.24. The van der Waals surface area contributed by atoms with Gasteiger partial charge in [-0.25, -0.2) is 0 Å². The predicted octanol–water partition coefficient (Wildman–Crippen LogP) is 3.19. The number of rotatable bonds is 5. The maximum Gasteiger partial charge on any atom is 0.311 e. The third-order valence-corrected chi connectivity index (χ3v) is 4.80. The number of para-hydroxylation sites is 1. The van der Waals surface area contributed by atoms with Crippen molar-refractivity contribution in [1.82, 2.24) is 4.90 Å². The van der Waals surface area contributed by atoms with E-state index in [1.807, 2.05) is 30.3 Å². The maximum atomic E-state index is 11.2. The van der Waals surface area contributed by atoms with Crippen LogP contribution in [0.25, 0.3) is 0 Å². The molecule has 1 fully saturated rings. The highest BCUT2D eigenvalue weighted by molar-refractivity contribution is 5.59. The first kappa shape index (κ1) is 18.7. The van der Waals surface area contributed by atoms with Gasteiger partial charge in [0, 0.05) is 38.8 Å². The fourth-order valence-corrected chi connectivity index (χ4v) is 3.45. The number of nitro benzene ring substituents is 1. The van der Waals surface area contributed by atoms with Crippen LogP contribution >= 0.6 is 0 Å². The Morgan fingerprint density at radius 1 is 1.19 bits per heavy atom. The zero-order chi connectivity index (χ0) is 19.2. The molecule has 0 radical (unpaired) electrons. The third-order valence-electron chi connectivity index (χ3n) is 4.80. The van der Waals surface area contributed by atoms with Crippen LogP contribution in [-0.4, -0.2) is 43.1 Å². The largest absolute Gasteiger partial charge is 0.490 e. The van der Waals surface area contributed by atoms with Gasteiger partial charge in [-0.15, -0.1) is 0 Å². The van der Waals surface area contributed by atoms with Crippen LogP contribution in [0.5, 0.6) is 5.75 Å². The molecule has 0 unspecified atom stereocenters. The zero-order valence-corrected chi connectivity index (χ0v) is 15.3. The molecule has 3 rings (SSSR count). The van der Waals surface area contributed by atoms with Crippen molar-refractivity contribution in [2.24, 2.45) is 0 Å². The van der Waals surface area contributed by atoms with Crippen LogP contribution in [-0.2, 0) is 6.54 Å². The Morgan fingerprint density at radius 3 is 2.74 bits per heavy atom. The third kappa shape index (κ3) is 4.36. The summed E-state index contributed by atoms with van der Waals surface area (Å²) < 4.78 is 5.07. The van der Waals surface area contributed by atoms with Gasteiger partial charge in [-0.05, 0) is 30.2 Å². The number of nitrogens with zero attached hydrogens (tertiary/aromatic N) is 4. The summed E-state index contributed by atoms with van der Waals surface area (Å²) in [6, 6.07) is 15.0. The van der Waals surface area contributed by atoms with Crippen LogP contribution in [0.4, 0.5) is 11.4 Å². The number of ether oxygens (including phenoxy) is 1. The second-order valence-electron chi connectivity index (χ2n) is 6.51. The van der Waals surface area contributed by atoms with Gasteiger partial charge >= 0.3 is 5.69 Å². The lowest BCUT2D eigenvalue weighted by atomic mass is 10.1. The first-order valence-corrected chi connectivity index (χ1v) is 8.90. The minimum absolute atomic E-state index is 0.00519. The lowest BCUT2D eigenvalue weighted by Crippen LogP contribution is -2.30. The number of hydrogen-bond donors (Lipinski definition) is 0. The molecular weight excluding hydrogens is 344 g/mol. The molecule has 0 aliphatic carbocycles. The van der Waals surface area contributed by atoms with Gasteiger partial charge in [0.15, 0.2) is 5.75 Å². The molecule has 1 saturated heterocycles. The second kappa shape index (κ2) is 8.52. The van der Waals surface area contributed by atoms with Gasteiger partial charge in [-0.3, -0.25) is 15.0 Å². The van der Waals surface area contributed by atoms with Crippen molar-refractivity contribution >= 4 is 11.4 Å². The van der Waals surface area contributed by atoms with Crippen LogP contribution in [0.1, 0.15) is 17.5 Å². The summed E-state index contributed by atoms with van der Waals surface area (Å²) >= 11 is 0. The van der Waals surface area contributed by atoms with E-state index in [0.717, 1.165) is 43.9 Å². The first-order valence-electron chi connectivity index (χ1n) is 8.90. The van der Waals surface area contributed by atoms with E-state index >= 15 is 0 Å². The average molecular weight is 366 g/mol. The quantitative estimate of drug-likeness (QED) is 0.597. The number of nitriles is 1. The molecule has 0 spiro atoms. The van der Waals surface area contributed by atoms with Crippen molar-refractivity contribution in [3.63, 3.8) is 0 Å². The molecule has 0 saturated carbocycles. The fourth-order valence-electron chi connectivity index (χ4n) is 3.45. The van der Waals surface area contributed by atoms with Gasteiger partial charge in [0.25, 0.3) is 0 Å². The minimum atomic E-state index is -0.411. The number of hydrogen-bond acceptors (Lipinski definition) is 6. The highest BCUT2D eigenvalue weighted by atomic mass is 16.6. The summed E-state index contributed by atoms with van der Waals surface area (Å²) in [7, 11) is 1.43. The molecule has 1 aliphatic heterocycles. The summed E-state index contributed by atoms with van der Waals surface area (Å²) in [6.07, 6.45) is 0.970. The van der Waals surface area contributed by atoms with E-state index < -0.39 is 4.92 Å². The van der Waals surface area contributed by atoms with E-state index in [2.05, 4.69) is 15.9 Å². The van der Waals surface area contributed by atoms with E-state index in [0.29, 0.717) is 12.1 Å². The molecule has 140 valence electrons. The molecule has 2 aromatic rings. The second-order valence-corrected chi connectivity index (χ2v) is 6.51. The maximum absolute atomic E-state index is 11.2. The van der Waals surface area contributed by atoms with Crippen molar-refractivity contribution in [1.29, 1.82) is 5.26 Å². The topological polar surface area (TPSA) is 82.6 Å². The smallest absolute Gasteiger partial charge is 0.311 e. The molecule has 2 aromatic carbocycles. The van der Waals surface area contributed by atoms with Crippen molar-refractivity contribution in [3.05, 3.63) is 63.7 Å². The van der Waals surface area contributed by atoms with E-state index in [9.17, 15) is 15.4 Å². The van der Waals surface area contributed by atoms with Crippen LogP contribution in [0.3, 0.4) is 0 Å². The van der Waals surface area contributed by atoms with Crippen molar-refractivity contribution < 1.29 is 9.66 Å². The van der Waals surface area contributed by atoms with E-state index in [1.54, 1.807) is 12.1 Å². The van der Waals surface area contributed by atoms with Crippen LogP contribution in [0.15, 0.2) is 42.5 Å². The molecule has 0 amide bonds. The van der Waals surface area contributed by atoms with Crippen LogP contribution in [0.2, 0.25) is 0 Å². The van der Waals surface area contributed by atoms with Crippen molar-refractivity contribution in [3.8, 4) is 11.8 Å². The van der Waals surface area contributed by atoms with Gasteiger partial charge in [0.05, 0.1) is 23.3 Å². The Hall–Kier alpha value is -3.11. The Labute approximate surface area is 158 Å². The van der Waals surface area contributed by atoms with Gasteiger partial charge in [0.2, 0.25) is 0 Å². The zero-order valence-electron chi connectivity index (χ0n) is 15.3. The lowest BCUT2D eigenvalue weighted by molar-refractivity contribution is -0.385. The van der Waals surface area contributed by atoms with Crippen LogP contribution < -0.4 is 9.64 Å². The standard InChI is InChI=1S/C20H22N4O3/c1-27-20-8-7-16(13-19(20)24(25)26)15-22-9-4-10-23(12-11-22)18-6-3-2-5-17(18)14-21/h2-3,5-8,13H,4,9-12,15H2,1H3. The van der Waals surface area contributed by atoms with E-state index in [4.69, 9.17) is 4.74 Å². The SMILES string of the molecule is COc1ccc(CN2CCCN(c3ccccc3C#N)CC2)cc1[N+](=O)[O-]. The predicted molar refractivity (Wildman–Crippen MR) is 103 cm³/mol.